The SMILES string of the molecule is O=C(CCS(=O)(=O)N1CCN(Cc2ccccc2)CC1)NO.O=C(CCS(=O)(=O)N1CCN(c2ccc(F)cc2)CC1)NO. The zero-order chi connectivity index (χ0) is 32.2. The first-order valence-corrected chi connectivity index (χ1v) is 17.2. The number of hydroxylamine groups is 2. The summed E-state index contributed by atoms with van der Waals surface area (Å²) >= 11 is 0. The summed E-state index contributed by atoms with van der Waals surface area (Å²) in [4.78, 5) is 26.1. The van der Waals surface area contributed by atoms with Gasteiger partial charge in [0.2, 0.25) is 31.9 Å². The molecule has 4 rings (SSSR count). The summed E-state index contributed by atoms with van der Waals surface area (Å²) in [6.07, 6.45) is -0.514. The molecule has 244 valence electrons. The highest BCUT2D eigenvalue weighted by Crippen LogP contribution is 2.18. The normalized spacial score (nSPS) is 16.9. The van der Waals surface area contributed by atoms with E-state index < -0.39 is 31.9 Å². The molecule has 0 bridgehead atoms. The standard InChI is InChI=1S/C14H21N3O4S.C13H18FN3O4S/c18-14(15-19)6-11-22(20,21)17-9-7-16(8-10-17)12-13-4-2-1-3-5-13;14-11-1-3-12(4-2-11)16-6-8-17(9-7-16)22(20,21)10-5-13(18)15-19/h1-5,19H,6-12H2,(H,15,18);1-4,19H,5-10H2,(H,15,18). The number of nitrogens with one attached hydrogen (secondary N) is 2. The second kappa shape index (κ2) is 16.8. The molecule has 0 radical (unpaired) electrons. The Morgan fingerprint density at radius 2 is 1.14 bits per heavy atom. The Morgan fingerprint density at radius 3 is 1.59 bits per heavy atom. The van der Waals surface area contributed by atoms with Gasteiger partial charge in [0.25, 0.3) is 0 Å². The molecule has 2 aliphatic rings. The fourth-order valence-electron chi connectivity index (χ4n) is 4.70. The fourth-order valence-corrected chi connectivity index (χ4v) is 7.54. The van der Waals surface area contributed by atoms with Crippen LogP contribution in [-0.4, -0.2) is 116 Å². The van der Waals surface area contributed by atoms with E-state index in [2.05, 4.69) is 17.0 Å². The first kappa shape index (κ1) is 35.3. The molecule has 2 fully saturated rings. The van der Waals surface area contributed by atoms with Gasteiger partial charge in [-0.3, -0.25) is 24.9 Å². The van der Waals surface area contributed by atoms with Gasteiger partial charge >= 0.3 is 0 Å². The van der Waals surface area contributed by atoms with Crippen LogP contribution < -0.4 is 15.9 Å². The van der Waals surface area contributed by atoms with Gasteiger partial charge in [0.1, 0.15) is 5.82 Å². The summed E-state index contributed by atoms with van der Waals surface area (Å²) in [5.74, 6) is -2.35. The molecule has 14 nitrogen and oxygen atoms in total. The van der Waals surface area contributed by atoms with Crippen LogP contribution in [0, 0.1) is 5.82 Å². The highest BCUT2D eigenvalue weighted by Gasteiger charge is 2.28. The van der Waals surface area contributed by atoms with E-state index in [0.717, 1.165) is 12.2 Å². The molecule has 2 heterocycles. The topological polar surface area (TPSA) is 180 Å². The van der Waals surface area contributed by atoms with Crippen LogP contribution >= 0.6 is 0 Å². The Morgan fingerprint density at radius 1 is 0.682 bits per heavy atom. The smallest absolute Gasteiger partial charge is 0.244 e. The van der Waals surface area contributed by atoms with Crippen LogP contribution in [0.5, 0.6) is 0 Å². The van der Waals surface area contributed by atoms with Crippen LogP contribution in [0.3, 0.4) is 0 Å². The number of carbonyl (C=O) groups is 2. The average Bonchev–Trinajstić information content (AvgIpc) is 3.04. The molecule has 44 heavy (non-hydrogen) atoms. The highest BCUT2D eigenvalue weighted by molar-refractivity contribution is 7.89. The molecule has 0 unspecified atom stereocenters. The van der Waals surface area contributed by atoms with Crippen LogP contribution in [-0.2, 0) is 36.2 Å². The fraction of sp³-hybridized carbons (Fsp3) is 0.481. The number of nitrogens with zero attached hydrogens (tertiary/aromatic N) is 4. The third-order valence-electron chi connectivity index (χ3n) is 7.22. The van der Waals surface area contributed by atoms with Gasteiger partial charge in [-0.2, -0.15) is 8.61 Å². The molecule has 0 aromatic heterocycles. The number of piperazine rings is 2. The second-order valence-electron chi connectivity index (χ2n) is 10.2. The molecular weight excluding hydrogens is 619 g/mol. The Hall–Kier alpha value is -3.19. The number of carbonyl (C=O) groups excluding carboxylic acids is 2. The maximum atomic E-state index is 12.9. The zero-order valence-corrected chi connectivity index (χ0v) is 25.8. The van der Waals surface area contributed by atoms with E-state index in [1.54, 1.807) is 12.1 Å². The van der Waals surface area contributed by atoms with Crippen molar-refractivity contribution in [3.8, 4) is 0 Å². The maximum Gasteiger partial charge on any atom is 0.244 e. The van der Waals surface area contributed by atoms with E-state index in [1.807, 2.05) is 23.1 Å². The summed E-state index contributed by atoms with van der Waals surface area (Å²) in [5.41, 5.74) is 4.91. The van der Waals surface area contributed by atoms with E-state index >= 15 is 0 Å². The molecule has 2 aliphatic heterocycles. The lowest BCUT2D eigenvalue weighted by molar-refractivity contribution is -0.129. The summed E-state index contributed by atoms with van der Waals surface area (Å²) in [6, 6.07) is 16.1. The Labute approximate surface area is 257 Å². The highest BCUT2D eigenvalue weighted by atomic mass is 32.2. The van der Waals surface area contributed by atoms with Crippen molar-refractivity contribution in [2.45, 2.75) is 19.4 Å². The van der Waals surface area contributed by atoms with Crippen molar-refractivity contribution in [3.05, 3.63) is 66.0 Å². The predicted molar refractivity (Wildman–Crippen MR) is 160 cm³/mol. The van der Waals surface area contributed by atoms with Crippen molar-refractivity contribution in [2.75, 3.05) is 68.8 Å². The van der Waals surface area contributed by atoms with Gasteiger partial charge in [0.15, 0.2) is 0 Å². The number of amides is 2. The van der Waals surface area contributed by atoms with Gasteiger partial charge in [-0.25, -0.2) is 32.2 Å². The van der Waals surface area contributed by atoms with Crippen LogP contribution in [0.4, 0.5) is 10.1 Å². The van der Waals surface area contributed by atoms with Crippen molar-refractivity contribution < 1.29 is 41.2 Å². The third-order valence-corrected chi connectivity index (χ3v) is 11.0. The van der Waals surface area contributed by atoms with Gasteiger partial charge < -0.3 is 4.90 Å². The second-order valence-corrected chi connectivity index (χ2v) is 14.4. The molecule has 2 aromatic carbocycles. The first-order chi connectivity index (χ1) is 20.9. The van der Waals surface area contributed by atoms with Crippen molar-refractivity contribution in [1.29, 1.82) is 0 Å². The summed E-state index contributed by atoms with van der Waals surface area (Å²) in [5, 5.41) is 16.8. The van der Waals surface area contributed by atoms with E-state index in [4.69, 9.17) is 10.4 Å². The molecule has 2 amide bonds. The summed E-state index contributed by atoms with van der Waals surface area (Å²) < 4.78 is 64.1. The van der Waals surface area contributed by atoms with E-state index in [-0.39, 0.29) is 30.2 Å². The van der Waals surface area contributed by atoms with Crippen molar-refractivity contribution in [3.63, 3.8) is 0 Å². The minimum Gasteiger partial charge on any atom is -0.369 e. The van der Waals surface area contributed by atoms with Gasteiger partial charge in [0, 0.05) is 77.4 Å². The van der Waals surface area contributed by atoms with Crippen LogP contribution in [0.15, 0.2) is 54.6 Å². The molecule has 0 atom stereocenters. The van der Waals surface area contributed by atoms with Crippen LogP contribution in [0.1, 0.15) is 18.4 Å². The molecule has 2 aromatic rings. The lowest BCUT2D eigenvalue weighted by Crippen LogP contribution is -2.49. The Bertz CT molecular complexity index is 1420. The number of hydrogen-bond donors (Lipinski definition) is 4. The van der Waals surface area contributed by atoms with Crippen LogP contribution in [0.25, 0.3) is 0 Å². The van der Waals surface area contributed by atoms with Gasteiger partial charge in [0.05, 0.1) is 11.5 Å². The third kappa shape index (κ3) is 11.1. The van der Waals surface area contributed by atoms with Crippen molar-refractivity contribution in [2.24, 2.45) is 0 Å². The Balaban J connectivity index is 0.000000240. The van der Waals surface area contributed by atoms with Crippen molar-refractivity contribution in [1.82, 2.24) is 24.5 Å². The van der Waals surface area contributed by atoms with Gasteiger partial charge in [-0.15, -0.1) is 0 Å². The van der Waals surface area contributed by atoms with Crippen LogP contribution in [0.2, 0.25) is 0 Å². The molecule has 17 heteroatoms. The molecular formula is C27H39FN6O8S2. The zero-order valence-electron chi connectivity index (χ0n) is 24.2. The first-order valence-electron chi connectivity index (χ1n) is 14.0. The maximum absolute atomic E-state index is 12.9. The number of rotatable bonds is 11. The van der Waals surface area contributed by atoms with Gasteiger partial charge in [-0.1, -0.05) is 30.3 Å². The van der Waals surface area contributed by atoms with E-state index in [1.165, 1.54) is 37.3 Å². The van der Waals surface area contributed by atoms with Gasteiger partial charge in [-0.05, 0) is 29.8 Å². The number of halogens is 1. The van der Waals surface area contributed by atoms with Crippen molar-refractivity contribution >= 4 is 37.5 Å². The summed E-state index contributed by atoms with van der Waals surface area (Å²) in [6.45, 7) is 4.60. The lowest BCUT2D eigenvalue weighted by Gasteiger charge is -2.35. The monoisotopic (exact) mass is 658 g/mol. The average molecular weight is 659 g/mol. The number of sulfonamides is 2. The largest absolute Gasteiger partial charge is 0.369 e. The van der Waals surface area contributed by atoms with E-state index in [0.29, 0.717) is 52.4 Å². The Kier molecular flexibility index (Phi) is 13.4. The molecule has 0 saturated carbocycles. The minimum atomic E-state index is -3.53. The van der Waals surface area contributed by atoms with E-state index in [9.17, 15) is 30.8 Å². The minimum absolute atomic E-state index is 0.233. The molecule has 0 spiro atoms. The number of hydrogen-bond acceptors (Lipinski definition) is 10. The summed E-state index contributed by atoms with van der Waals surface area (Å²) in [7, 11) is -6.98. The molecule has 0 aliphatic carbocycles. The lowest BCUT2D eigenvalue weighted by atomic mass is 10.2. The number of benzene rings is 2. The number of anilines is 1. The predicted octanol–water partition coefficient (Wildman–Crippen LogP) is 0.203. The molecule has 2 saturated heterocycles. The molecule has 4 N–H and O–H groups in total. The quantitative estimate of drug-likeness (QED) is 0.193.